The summed E-state index contributed by atoms with van der Waals surface area (Å²) in [6.45, 7) is 8.54. The van der Waals surface area contributed by atoms with E-state index < -0.39 is 0 Å². The molecule has 4 heteroatoms. The van der Waals surface area contributed by atoms with Gasteiger partial charge in [0.15, 0.2) is 0 Å². The Morgan fingerprint density at radius 3 is 2.55 bits per heavy atom. The van der Waals surface area contributed by atoms with Crippen molar-refractivity contribution < 1.29 is 9.53 Å². The minimum absolute atomic E-state index is 0.180. The number of nitrogens with zero attached hydrogens (tertiary/aromatic N) is 2. The Labute approximate surface area is 120 Å². The number of benzene rings is 1. The number of carbonyl (C=O) groups excluding carboxylic acids is 1. The Hall–Kier alpha value is -1.81. The van der Waals surface area contributed by atoms with Gasteiger partial charge >= 0.3 is 0 Å². The lowest BCUT2D eigenvalue weighted by molar-refractivity contribution is -0.133. The van der Waals surface area contributed by atoms with Crippen LogP contribution < -0.4 is 4.74 Å². The van der Waals surface area contributed by atoms with E-state index in [1.54, 1.807) is 0 Å². The Morgan fingerprint density at radius 2 is 1.90 bits per heavy atom. The van der Waals surface area contributed by atoms with Crippen molar-refractivity contribution in [3.63, 3.8) is 0 Å². The summed E-state index contributed by atoms with van der Waals surface area (Å²) in [5.41, 5.74) is 0. The van der Waals surface area contributed by atoms with Crippen LogP contribution in [0.25, 0.3) is 0 Å². The number of rotatable bonds is 6. The van der Waals surface area contributed by atoms with Crippen molar-refractivity contribution in [2.45, 2.75) is 6.42 Å². The highest BCUT2D eigenvalue weighted by atomic mass is 16.5. The molecule has 1 heterocycles. The van der Waals surface area contributed by atoms with Crippen LogP contribution in [0.4, 0.5) is 0 Å². The summed E-state index contributed by atoms with van der Waals surface area (Å²) in [6.07, 6.45) is 2.35. The summed E-state index contributed by atoms with van der Waals surface area (Å²) >= 11 is 0. The average molecular weight is 274 g/mol. The standard InChI is InChI=1S/C16H22N2O2/c1-2-9-17-10-12-18(13-11-17)16(19)8-14-20-15-6-4-3-5-7-15/h2-7H,1,8-14H2. The van der Waals surface area contributed by atoms with Gasteiger partial charge in [-0.2, -0.15) is 0 Å². The second-order valence-electron chi connectivity index (χ2n) is 4.88. The van der Waals surface area contributed by atoms with E-state index in [9.17, 15) is 4.79 Å². The number of hydrogen-bond acceptors (Lipinski definition) is 3. The molecular formula is C16H22N2O2. The summed E-state index contributed by atoms with van der Waals surface area (Å²) in [6, 6.07) is 9.60. The fourth-order valence-corrected chi connectivity index (χ4v) is 2.29. The fraction of sp³-hybridized carbons (Fsp3) is 0.438. The zero-order chi connectivity index (χ0) is 14.2. The van der Waals surface area contributed by atoms with Crippen molar-refractivity contribution in [1.29, 1.82) is 0 Å². The second-order valence-corrected chi connectivity index (χ2v) is 4.88. The van der Waals surface area contributed by atoms with Crippen LogP contribution in [0.2, 0.25) is 0 Å². The maximum absolute atomic E-state index is 12.1. The molecule has 0 saturated carbocycles. The first-order valence-electron chi connectivity index (χ1n) is 7.08. The van der Waals surface area contributed by atoms with Crippen LogP contribution in [0.5, 0.6) is 5.75 Å². The maximum Gasteiger partial charge on any atom is 0.226 e. The predicted octanol–water partition coefficient (Wildman–Crippen LogP) is 1.79. The Balaban J connectivity index is 1.67. The zero-order valence-electron chi connectivity index (χ0n) is 11.8. The Bertz CT molecular complexity index is 425. The summed E-state index contributed by atoms with van der Waals surface area (Å²) in [5, 5.41) is 0. The molecule has 0 bridgehead atoms. The number of carbonyl (C=O) groups is 1. The minimum Gasteiger partial charge on any atom is -0.493 e. The van der Waals surface area contributed by atoms with Crippen molar-refractivity contribution in [2.24, 2.45) is 0 Å². The van der Waals surface area contributed by atoms with Crippen molar-refractivity contribution in [3.8, 4) is 5.75 Å². The molecule has 108 valence electrons. The van der Waals surface area contributed by atoms with Crippen LogP contribution >= 0.6 is 0 Å². The SMILES string of the molecule is C=CCN1CCN(C(=O)CCOc2ccccc2)CC1. The molecule has 20 heavy (non-hydrogen) atoms. The van der Waals surface area contributed by atoms with Gasteiger partial charge in [0.25, 0.3) is 0 Å². The number of hydrogen-bond donors (Lipinski definition) is 0. The van der Waals surface area contributed by atoms with Crippen LogP contribution in [-0.4, -0.2) is 55.0 Å². The van der Waals surface area contributed by atoms with E-state index in [0.717, 1.165) is 38.5 Å². The van der Waals surface area contributed by atoms with Gasteiger partial charge in [-0.25, -0.2) is 0 Å². The summed E-state index contributed by atoms with van der Waals surface area (Å²) in [7, 11) is 0. The summed E-state index contributed by atoms with van der Waals surface area (Å²) < 4.78 is 5.56. The lowest BCUT2D eigenvalue weighted by Crippen LogP contribution is -2.48. The van der Waals surface area contributed by atoms with E-state index in [1.165, 1.54) is 0 Å². The van der Waals surface area contributed by atoms with Crippen molar-refractivity contribution in [1.82, 2.24) is 9.80 Å². The van der Waals surface area contributed by atoms with Gasteiger partial charge in [0.2, 0.25) is 5.91 Å². The van der Waals surface area contributed by atoms with Crippen LogP contribution in [0.15, 0.2) is 43.0 Å². The fourth-order valence-electron chi connectivity index (χ4n) is 2.29. The molecule has 4 nitrogen and oxygen atoms in total. The number of piperazine rings is 1. The first kappa shape index (κ1) is 14.6. The highest BCUT2D eigenvalue weighted by Crippen LogP contribution is 2.09. The molecule has 1 aliphatic heterocycles. The summed E-state index contributed by atoms with van der Waals surface area (Å²) in [4.78, 5) is 16.3. The number of amides is 1. The van der Waals surface area contributed by atoms with E-state index in [1.807, 2.05) is 41.3 Å². The second kappa shape index (κ2) is 7.70. The van der Waals surface area contributed by atoms with Gasteiger partial charge in [-0.15, -0.1) is 6.58 Å². The predicted molar refractivity (Wildman–Crippen MR) is 79.8 cm³/mol. The van der Waals surface area contributed by atoms with Crippen molar-refractivity contribution in [2.75, 3.05) is 39.3 Å². The van der Waals surface area contributed by atoms with Gasteiger partial charge in [-0.1, -0.05) is 24.3 Å². The van der Waals surface area contributed by atoms with Gasteiger partial charge < -0.3 is 9.64 Å². The largest absolute Gasteiger partial charge is 0.493 e. The van der Waals surface area contributed by atoms with E-state index in [-0.39, 0.29) is 5.91 Å². The van der Waals surface area contributed by atoms with Gasteiger partial charge in [-0.3, -0.25) is 9.69 Å². The molecule has 2 rings (SSSR count). The van der Waals surface area contributed by atoms with Gasteiger partial charge in [0.1, 0.15) is 5.75 Å². The third-order valence-electron chi connectivity index (χ3n) is 3.44. The summed E-state index contributed by atoms with van der Waals surface area (Å²) in [5.74, 6) is 0.996. The highest BCUT2D eigenvalue weighted by molar-refractivity contribution is 5.76. The minimum atomic E-state index is 0.180. The molecule has 1 aliphatic rings. The van der Waals surface area contributed by atoms with E-state index >= 15 is 0 Å². The molecule has 0 aliphatic carbocycles. The lowest BCUT2D eigenvalue weighted by Gasteiger charge is -2.34. The van der Waals surface area contributed by atoms with E-state index in [0.29, 0.717) is 13.0 Å². The van der Waals surface area contributed by atoms with Crippen LogP contribution in [0.1, 0.15) is 6.42 Å². The van der Waals surface area contributed by atoms with Crippen LogP contribution in [0.3, 0.4) is 0 Å². The molecule has 0 unspecified atom stereocenters. The molecule has 0 spiro atoms. The quantitative estimate of drug-likeness (QED) is 0.741. The third kappa shape index (κ3) is 4.38. The molecule has 0 N–H and O–H groups in total. The highest BCUT2D eigenvalue weighted by Gasteiger charge is 2.19. The molecule has 1 fully saturated rings. The Morgan fingerprint density at radius 1 is 1.20 bits per heavy atom. The monoisotopic (exact) mass is 274 g/mol. The Kier molecular flexibility index (Phi) is 5.62. The molecule has 1 aromatic rings. The smallest absolute Gasteiger partial charge is 0.226 e. The third-order valence-corrected chi connectivity index (χ3v) is 3.44. The van der Waals surface area contributed by atoms with E-state index in [2.05, 4.69) is 11.5 Å². The maximum atomic E-state index is 12.1. The zero-order valence-corrected chi connectivity index (χ0v) is 11.8. The average Bonchev–Trinajstić information content (AvgIpc) is 2.49. The van der Waals surface area contributed by atoms with Gasteiger partial charge in [0.05, 0.1) is 13.0 Å². The van der Waals surface area contributed by atoms with Gasteiger partial charge in [-0.05, 0) is 12.1 Å². The first-order valence-corrected chi connectivity index (χ1v) is 7.08. The molecule has 0 radical (unpaired) electrons. The first-order chi connectivity index (χ1) is 9.79. The van der Waals surface area contributed by atoms with Crippen molar-refractivity contribution in [3.05, 3.63) is 43.0 Å². The number of para-hydroxylation sites is 1. The van der Waals surface area contributed by atoms with Gasteiger partial charge in [0, 0.05) is 32.7 Å². The molecule has 0 atom stereocenters. The molecule has 1 amide bonds. The normalized spacial score (nSPS) is 15.9. The topological polar surface area (TPSA) is 32.8 Å². The molecule has 1 saturated heterocycles. The van der Waals surface area contributed by atoms with Crippen LogP contribution in [-0.2, 0) is 4.79 Å². The lowest BCUT2D eigenvalue weighted by atomic mass is 10.3. The van der Waals surface area contributed by atoms with Crippen molar-refractivity contribution >= 4 is 5.91 Å². The number of ether oxygens (including phenoxy) is 1. The molecular weight excluding hydrogens is 252 g/mol. The molecule has 0 aromatic heterocycles. The van der Waals surface area contributed by atoms with E-state index in [4.69, 9.17) is 4.74 Å². The van der Waals surface area contributed by atoms with Crippen LogP contribution in [0, 0.1) is 0 Å². The molecule has 1 aromatic carbocycles.